The molecule has 0 spiro atoms. The van der Waals surface area contributed by atoms with E-state index in [0.29, 0.717) is 0 Å². The third kappa shape index (κ3) is 9.82. The summed E-state index contributed by atoms with van der Waals surface area (Å²) in [5.41, 5.74) is 0. The van der Waals surface area contributed by atoms with E-state index in [1.807, 2.05) is 0 Å². The van der Waals surface area contributed by atoms with Crippen LogP contribution in [0.15, 0.2) is 0 Å². The first-order valence-electron chi connectivity index (χ1n) is 0.899. The zero-order valence-electron chi connectivity index (χ0n) is 2.76. The van der Waals surface area contributed by atoms with Gasteiger partial charge in [0.05, 0.1) is 0 Å². The minimum absolute atomic E-state index is 0.293. The molecule has 0 saturated carbocycles. The van der Waals surface area contributed by atoms with Gasteiger partial charge in [0.15, 0.2) is 0 Å². The second-order valence-electron chi connectivity index (χ2n) is 0.664. The zero-order chi connectivity index (χ0) is 3.58. The van der Waals surface area contributed by atoms with Crippen molar-refractivity contribution in [2.24, 2.45) is 0 Å². The van der Waals surface area contributed by atoms with Gasteiger partial charge in [-0.05, 0) is 0 Å². The molecule has 0 aliphatic rings. The van der Waals surface area contributed by atoms with E-state index in [-0.39, 0.29) is 15.8 Å². The Labute approximate surface area is 43.9 Å². The van der Waals surface area contributed by atoms with Crippen LogP contribution in [0, 0.1) is 0 Å². The molecular weight excluding hydrogens is 278 g/mol. The summed E-state index contributed by atoms with van der Waals surface area (Å²) >= 11 is 2.21. The molecule has 0 aromatic rings. The third-order valence-electron chi connectivity index (χ3n) is 0. The summed E-state index contributed by atoms with van der Waals surface area (Å²) in [6, 6.07) is 0. The zero-order valence-corrected chi connectivity index (χ0v) is 7.07. The van der Waals surface area contributed by atoms with Crippen molar-refractivity contribution in [3.05, 3.63) is 0 Å². The molecule has 0 atom stereocenters. The van der Waals surface area contributed by atoms with Gasteiger partial charge in [-0.25, -0.2) is 0 Å². The Balaban J connectivity index is 2.32. The first kappa shape index (κ1) is 5.46. The van der Waals surface area contributed by atoms with Crippen LogP contribution in [0.2, 0.25) is 0 Å². The Morgan fingerprint density at radius 1 is 1.50 bits per heavy atom. The normalized spacial score (nSPS) is 11.2. The van der Waals surface area contributed by atoms with Crippen molar-refractivity contribution in [1.29, 1.82) is 0 Å². The van der Waals surface area contributed by atoms with Crippen molar-refractivity contribution in [3.63, 3.8) is 0 Å². The Kier molecular flexibility index (Phi) is 3.66. The average Bonchev–Trinajstić information content (AvgIpc) is 0.811. The van der Waals surface area contributed by atoms with Gasteiger partial charge in [-0.1, -0.05) is 0 Å². The number of alkyl halides is 2. The van der Waals surface area contributed by atoms with Crippen LogP contribution in [0.1, 0.15) is 0 Å². The van der Waals surface area contributed by atoms with E-state index in [4.69, 9.17) is 0 Å². The van der Waals surface area contributed by atoms with Gasteiger partial charge < -0.3 is 0 Å². The number of halogens is 2. The molecule has 0 fully saturated rings. The fourth-order valence-corrected chi connectivity index (χ4v) is 0. The van der Waals surface area contributed by atoms with Crippen LogP contribution in [-0.2, 0) is 0 Å². The molecule has 0 aliphatic heterocycles. The van der Waals surface area contributed by atoms with Crippen LogP contribution < -0.4 is 0 Å². The van der Waals surface area contributed by atoms with Crippen LogP contribution in [0.5, 0.6) is 0 Å². The van der Waals surface area contributed by atoms with Crippen LogP contribution in [0.4, 0.5) is 0 Å². The molecule has 0 nitrogen and oxygen atoms in total. The predicted molar refractivity (Wildman–Crippen MR) is 39.9 cm³/mol. The molecule has 0 aliphatic carbocycles. The van der Waals surface area contributed by atoms with Gasteiger partial charge in [-0.3, -0.25) is 0 Å². The van der Waals surface area contributed by atoms with E-state index in [1.165, 1.54) is 0 Å². The van der Waals surface area contributed by atoms with E-state index >= 15 is 0 Å². The van der Waals surface area contributed by atoms with Gasteiger partial charge in [-0.15, -0.1) is 0 Å². The number of hydrogen-bond donors (Lipinski definition) is 0. The summed E-state index contributed by atoms with van der Waals surface area (Å²) in [4.78, 5) is 4.62. The molecule has 0 heterocycles. The van der Waals surface area contributed by atoms with Crippen molar-refractivity contribution in [2.45, 2.75) is 0 Å². The Morgan fingerprint density at radius 2 is 1.50 bits per heavy atom. The topological polar surface area (TPSA) is 0 Å². The molecule has 0 saturated heterocycles. The van der Waals surface area contributed by atoms with Gasteiger partial charge in [0.25, 0.3) is 0 Å². The summed E-state index contributed by atoms with van der Waals surface area (Å²) in [5, 5.41) is 0. The summed E-state index contributed by atoms with van der Waals surface area (Å²) in [6.45, 7) is 0. The molecule has 2 heteroatoms. The Bertz CT molecular complexity index is 8.75. The van der Waals surface area contributed by atoms with E-state index in [9.17, 15) is 0 Å². The Morgan fingerprint density at radius 3 is 1.50 bits per heavy atom. The second-order valence-corrected chi connectivity index (χ2v) is 15.4. The first-order chi connectivity index (χ1) is 1.73. The molecule has 0 radical (unpaired) electrons. The van der Waals surface area contributed by atoms with Gasteiger partial charge in [0.1, 0.15) is 0 Å². The van der Waals surface area contributed by atoms with E-state index in [1.54, 1.807) is 0 Å². The van der Waals surface area contributed by atoms with E-state index in [0.717, 1.165) is 0 Å². The fourth-order valence-electron chi connectivity index (χ4n) is 0. The predicted octanol–water partition coefficient (Wildman–Crippen LogP) is 2.10. The van der Waals surface area contributed by atoms with Crippen molar-refractivity contribution in [1.82, 2.24) is 0 Å². The Hall–Kier alpha value is 1.46. The molecule has 0 bridgehead atoms. The number of rotatable bonds is 0. The van der Waals surface area contributed by atoms with Crippen molar-refractivity contribution >= 4 is 34.5 Å². The van der Waals surface area contributed by atoms with Gasteiger partial charge in [-0.2, -0.15) is 0 Å². The second kappa shape index (κ2) is 2.68. The maximum atomic E-state index is 2.50. The molecule has 0 unspecified atom stereocenters. The molecular formula is C2H6I2. The monoisotopic (exact) mass is 284 g/mol. The van der Waals surface area contributed by atoms with Crippen molar-refractivity contribution < 1.29 is 0 Å². The van der Waals surface area contributed by atoms with Gasteiger partial charge in [0, 0.05) is 0 Å². The average molecular weight is 284 g/mol. The molecule has 0 N–H and O–H groups in total. The SMILES string of the molecule is CI(C)I. The van der Waals surface area contributed by atoms with Gasteiger partial charge in [0.2, 0.25) is 0 Å². The quantitative estimate of drug-likeness (QED) is 0.472. The summed E-state index contributed by atoms with van der Waals surface area (Å²) in [5.74, 6) is 0. The third-order valence-corrected chi connectivity index (χ3v) is 0. The summed E-state index contributed by atoms with van der Waals surface area (Å²) in [7, 11) is 0. The fraction of sp³-hybridized carbons (Fsp3) is 1.00. The van der Waals surface area contributed by atoms with Crippen LogP contribution in [0.3, 0.4) is 0 Å². The summed E-state index contributed by atoms with van der Waals surface area (Å²) < 4.78 is 0. The molecule has 0 amide bonds. The summed E-state index contributed by atoms with van der Waals surface area (Å²) in [6.07, 6.45) is 0. The maximum absolute atomic E-state index is 2.50. The molecule has 0 aromatic heterocycles. The van der Waals surface area contributed by atoms with Gasteiger partial charge >= 0.3 is 44.3 Å². The van der Waals surface area contributed by atoms with Crippen molar-refractivity contribution in [3.8, 4) is 0 Å². The van der Waals surface area contributed by atoms with Crippen LogP contribution in [-0.4, -0.2) is 9.86 Å². The molecule has 28 valence electrons. The minimum atomic E-state index is -0.293. The van der Waals surface area contributed by atoms with Crippen LogP contribution in [0.25, 0.3) is 0 Å². The van der Waals surface area contributed by atoms with Crippen molar-refractivity contribution in [2.75, 3.05) is 9.86 Å². The standard InChI is InChI=1S/C2H6I2/c1-4(2)3/h1-2H3. The van der Waals surface area contributed by atoms with E-state index in [2.05, 4.69) is 28.5 Å². The van der Waals surface area contributed by atoms with Crippen LogP contribution >= 0.6 is 34.5 Å². The molecule has 0 rings (SSSR count). The molecule has 4 heavy (non-hydrogen) atoms. The first-order valence-corrected chi connectivity index (χ1v) is 11.5. The molecule has 0 aromatic carbocycles. The van der Waals surface area contributed by atoms with E-state index < -0.39 is 0 Å². The number of hydrogen-bond acceptors (Lipinski definition) is 0.